The third kappa shape index (κ3) is 4.66. The van der Waals surface area contributed by atoms with Crippen LogP contribution in [0, 0.1) is 27.7 Å². The molecule has 206 valence electrons. The number of hydrogen-bond acceptors (Lipinski definition) is 2. The Kier molecular flexibility index (Phi) is 6.85. The van der Waals surface area contributed by atoms with E-state index in [0.29, 0.717) is 10.0 Å². The second-order valence-corrected chi connectivity index (χ2v) is 20.0. The number of allylic oxidation sites excluding steroid dienone is 2. The molecule has 4 aromatic carbocycles. The van der Waals surface area contributed by atoms with Crippen LogP contribution in [0.15, 0.2) is 83.9 Å². The van der Waals surface area contributed by atoms with Crippen LogP contribution in [-0.4, -0.2) is 0 Å². The predicted molar refractivity (Wildman–Crippen MR) is 167 cm³/mol. The number of hydrogen-bond donors (Lipinski definition) is 0. The Morgan fingerprint density at radius 1 is 0.561 bits per heavy atom. The number of aryl methyl sites for hydroxylation is 4. The van der Waals surface area contributed by atoms with Gasteiger partial charge in [0.1, 0.15) is 0 Å². The van der Waals surface area contributed by atoms with E-state index >= 15 is 0 Å². The molecule has 0 spiro atoms. The molecule has 1 saturated heterocycles. The molecule has 1 fully saturated rings. The summed E-state index contributed by atoms with van der Waals surface area (Å²) in [6, 6.07) is 25.1. The van der Waals surface area contributed by atoms with Crippen LogP contribution in [0.25, 0.3) is 12.2 Å². The Morgan fingerprint density at radius 2 is 0.927 bits per heavy atom. The Hall–Kier alpha value is -2.58. The van der Waals surface area contributed by atoms with Gasteiger partial charge in [-0.05, 0) is 0 Å². The van der Waals surface area contributed by atoms with Crippen LogP contribution in [0.5, 0.6) is 11.5 Å². The Balaban J connectivity index is 1.53. The number of halogens is 2. The molecule has 5 heteroatoms. The summed E-state index contributed by atoms with van der Waals surface area (Å²) in [5.74, 6) is 1.63. The minimum atomic E-state index is -4.45. The topological polar surface area (TPSA) is 18.5 Å². The molecule has 7 rings (SSSR count). The fraction of sp³-hybridized carbons (Fsp3) is 0.222. The molecule has 0 N–H and O–H groups in total. The van der Waals surface area contributed by atoms with Gasteiger partial charge in [-0.1, -0.05) is 0 Å². The first-order valence-corrected chi connectivity index (χ1v) is 19.8. The molecule has 2 atom stereocenters. The first kappa shape index (κ1) is 27.3. The summed E-state index contributed by atoms with van der Waals surface area (Å²) < 4.78 is 15.2. The first-order valence-electron chi connectivity index (χ1n) is 14.2. The van der Waals surface area contributed by atoms with Crippen molar-refractivity contribution in [2.45, 2.75) is 47.8 Å². The van der Waals surface area contributed by atoms with Crippen molar-refractivity contribution in [1.29, 1.82) is 0 Å². The molecule has 4 aromatic rings. The molecule has 0 radical (unpaired) electrons. The molecule has 41 heavy (non-hydrogen) atoms. The summed E-state index contributed by atoms with van der Waals surface area (Å²) in [5.41, 5.74) is 13.4. The van der Waals surface area contributed by atoms with Crippen LogP contribution in [-0.2, 0) is 21.1 Å². The van der Waals surface area contributed by atoms with Crippen LogP contribution in [0.4, 0.5) is 0 Å². The Bertz CT molecular complexity index is 1620. The van der Waals surface area contributed by atoms with Gasteiger partial charge in [-0.25, -0.2) is 0 Å². The van der Waals surface area contributed by atoms with E-state index in [1.165, 1.54) is 55.7 Å². The number of benzene rings is 4. The second kappa shape index (κ2) is 10.3. The van der Waals surface area contributed by atoms with Gasteiger partial charge >= 0.3 is 260 Å². The molecule has 2 nitrogen and oxygen atoms in total. The maximum atomic E-state index is 7.51. The van der Waals surface area contributed by atoms with E-state index in [4.69, 9.17) is 28.8 Å². The minimum absolute atomic E-state index is 0.0911. The number of rotatable bonds is 4. The zero-order chi connectivity index (χ0) is 28.5. The second-order valence-electron chi connectivity index (χ2n) is 11.8. The van der Waals surface area contributed by atoms with Gasteiger partial charge in [0.2, 0.25) is 0 Å². The van der Waals surface area contributed by atoms with Crippen LogP contribution >= 0.6 is 23.2 Å². The average molecular weight is 659 g/mol. The van der Waals surface area contributed by atoms with Crippen molar-refractivity contribution in [3.8, 4) is 11.5 Å². The maximum absolute atomic E-state index is 7.51. The van der Waals surface area contributed by atoms with Gasteiger partial charge in [0, 0.05) is 0 Å². The first-order chi connectivity index (χ1) is 19.7. The standard InChI is InChI=1S/C24H24.2C6H5ClO.Zr/c1-15-7-21-11-19(12-22(21)8-16(15)2)5-6-20-13-23-9-17(3)18(4)10-24(23)14-20;2*7-5-1-3-6(8)4-2-5;/h7-14H,5-6H2,1-4H3;2*1-4,8H;/q;;;+2/p-2. The monoisotopic (exact) mass is 656 g/mol. The van der Waals surface area contributed by atoms with Gasteiger partial charge in [-0.15, -0.1) is 0 Å². The molecule has 1 heterocycles. The normalized spacial score (nSPS) is 19.8. The molecular formula is C36H32Cl2O2Zr. The van der Waals surface area contributed by atoms with Crippen LogP contribution in [0.1, 0.15) is 64.6 Å². The van der Waals surface area contributed by atoms with Crippen molar-refractivity contribution in [3.63, 3.8) is 0 Å². The molecule has 0 bridgehead atoms. The van der Waals surface area contributed by atoms with E-state index in [0.717, 1.165) is 24.3 Å². The van der Waals surface area contributed by atoms with Crippen molar-refractivity contribution in [3.05, 3.63) is 138 Å². The third-order valence-electron chi connectivity index (χ3n) is 9.13. The Labute approximate surface area is 258 Å². The summed E-state index contributed by atoms with van der Waals surface area (Å²) in [6.07, 6.45) is 6.85. The summed E-state index contributed by atoms with van der Waals surface area (Å²) >= 11 is 8.22. The van der Waals surface area contributed by atoms with Gasteiger partial charge in [-0.2, -0.15) is 0 Å². The summed E-state index contributed by atoms with van der Waals surface area (Å²) in [5, 5.41) is 1.38. The van der Waals surface area contributed by atoms with Crippen LogP contribution < -0.4 is 5.63 Å². The SMILES string of the molecule is Cc1cc2c(cc1C)[CH]1C(=C2)CCC2=Cc3cc(C)c(C)cc3[CH]2[Zr]1([O]c1ccc(Cl)cc1)[O]c1ccc(Cl)cc1. The molecule has 2 unspecified atom stereocenters. The molecule has 0 amide bonds. The number of fused-ring (bicyclic) bond motifs is 6. The predicted octanol–water partition coefficient (Wildman–Crippen LogP) is 10.7. The van der Waals surface area contributed by atoms with E-state index in [9.17, 15) is 0 Å². The van der Waals surface area contributed by atoms with Crippen molar-refractivity contribution in [2.24, 2.45) is 0 Å². The summed E-state index contributed by atoms with van der Waals surface area (Å²) in [6.45, 7) is 8.83. The van der Waals surface area contributed by atoms with Gasteiger partial charge in [0.15, 0.2) is 0 Å². The van der Waals surface area contributed by atoms with Crippen molar-refractivity contribution < 1.29 is 26.8 Å². The summed E-state index contributed by atoms with van der Waals surface area (Å²) in [7, 11) is 0. The van der Waals surface area contributed by atoms with Gasteiger partial charge in [0.05, 0.1) is 0 Å². The fourth-order valence-corrected chi connectivity index (χ4v) is 18.7. The molecule has 1 aliphatic heterocycles. The molecule has 0 aromatic heterocycles. The van der Waals surface area contributed by atoms with E-state index in [2.05, 4.69) is 64.1 Å². The van der Waals surface area contributed by atoms with E-state index in [-0.39, 0.29) is 7.25 Å². The molecule has 0 saturated carbocycles. The molecule has 2 aliphatic carbocycles. The quantitative estimate of drug-likeness (QED) is 0.217. The average Bonchev–Trinajstić information content (AvgIpc) is 3.44. The van der Waals surface area contributed by atoms with Gasteiger partial charge in [-0.3, -0.25) is 0 Å². The third-order valence-corrected chi connectivity index (χ3v) is 19.7. The van der Waals surface area contributed by atoms with E-state index < -0.39 is 21.1 Å². The van der Waals surface area contributed by atoms with Crippen molar-refractivity contribution >= 4 is 35.4 Å². The fourth-order valence-electron chi connectivity index (χ4n) is 6.91. The van der Waals surface area contributed by atoms with Crippen LogP contribution in [0.2, 0.25) is 10.0 Å². The zero-order valence-corrected chi connectivity index (χ0v) is 27.7. The Morgan fingerprint density at radius 3 is 1.32 bits per heavy atom. The zero-order valence-electron chi connectivity index (χ0n) is 23.7. The molecule has 3 aliphatic rings. The van der Waals surface area contributed by atoms with E-state index in [1.807, 2.05) is 48.5 Å². The van der Waals surface area contributed by atoms with Gasteiger partial charge in [0.25, 0.3) is 0 Å². The molecular weight excluding hydrogens is 627 g/mol. The van der Waals surface area contributed by atoms with Crippen LogP contribution in [0.3, 0.4) is 0 Å². The van der Waals surface area contributed by atoms with Gasteiger partial charge < -0.3 is 0 Å². The van der Waals surface area contributed by atoms with Crippen molar-refractivity contribution in [2.75, 3.05) is 0 Å². The van der Waals surface area contributed by atoms with Crippen molar-refractivity contribution in [1.82, 2.24) is 0 Å². The summed E-state index contributed by atoms with van der Waals surface area (Å²) in [4.78, 5) is 0. The van der Waals surface area contributed by atoms with E-state index in [1.54, 1.807) is 0 Å².